The summed E-state index contributed by atoms with van der Waals surface area (Å²) in [4.78, 5) is 2.65. The molecule has 7 heteroatoms. The lowest BCUT2D eigenvalue weighted by Gasteiger charge is -2.27. The third kappa shape index (κ3) is 5.28. The van der Waals surface area contributed by atoms with E-state index in [0.29, 0.717) is 0 Å². The third-order valence-electron chi connectivity index (χ3n) is 9.93. The number of allylic oxidation sites excluding steroid dienone is 2. The van der Waals surface area contributed by atoms with E-state index < -0.39 is 0 Å². The Morgan fingerprint density at radius 2 is 1.00 bits per heavy atom. The first-order chi connectivity index (χ1) is 22.9. The van der Waals surface area contributed by atoms with Crippen molar-refractivity contribution < 1.29 is 0 Å². The molecule has 0 saturated heterocycles. The van der Waals surface area contributed by atoms with Gasteiger partial charge in [-0.25, -0.2) is 9.12 Å². The van der Waals surface area contributed by atoms with Crippen molar-refractivity contribution in [2.24, 2.45) is 4.40 Å². The molecule has 0 amide bonds. The van der Waals surface area contributed by atoms with Gasteiger partial charge >= 0.3 is 0 Å². The SMILES string of the molecule is CC(C)(C)c1c2cc(C3=CC=C(c4cc5c(C(C)(C)C)c6sccc6c(C(C)(C)C)c5s4)C4NSN=C34)sc2c(C(C)(C)C)c2ccsc12. The zero-order chi connectivity index (χ0) is 35.0. The first-order valence-corrected chi connectivity index (χ1v) is 21.4. The van der Waals surface area contributed by atoms with Gasteiger partial charge < -0.3 is 0 Å². The van der Waals surface area contributed by atoms with Crippen LogP contribution in [0, 0.1) is 0 Å². The van der Waals surface area contributed by atoms with Crippen molar-refractivity contribution in [3.8, 4) is 0 Å². The minimum absolute atomic E-state index is 0.0302. The van der Waals surface area contributed by atoms with Crippen LogP contribution in [0.3, 0.4) is 0 Å². The summed E-state index contributed by atoms with van der Waals surface area (Å²) in [6.07, 6.45) is 4.74. The highest BCUT2D eigenvalue weighted by Gasteiger charge is 2.37. The highest BCUT2D eigenvalue weighted by atomic mass is 32.2. The molecule has 5 heterocycles. The maximum atomic E-state index is 5.08. The van der Waals surface area contributed by atoms with E-state index in [1.54, 1.807) is 0 Å². The molecule has 254 valence electrons. The molecule has 8 rings (SSSR count). The molecule has 1 aliphatic carbocycles. The Kier molecular flexibility index (Phi) is 7.68. The Hall–Kier alpha value is -2.26. The van der Waals surface area contributed by atoms with Crippen molar-refractivity contribution >= 4 is 115 Å². The maximum Gasteiger partial charge on any atom is 0.0887 e. The van der Waals surface area contributed by atoms with Crippen molar-refractivity contribution in [1.82, 2.24) is 4.72 Å². The van der Waals surface area contributed by atoms with Gasteiger partial charge in [0.15, 0.2) is 0 Å². The number of nitrogens with one attached hydrogen (secondary N) is 1. The van der Waals surface area contributed by atoms with Crippen LogP contribution in [0.25, 0.3) is 51.5 Å². The Bertz CT molecular complexity index is 2290. The lowest BCUT2D eigenvalue weighted by atomic mass is 9.78. The van der Waals surface area contributed by atoms with Crippen LogP contribution in [0.4, 0.5) is 0 Å². The van der Waals surface area contributed by atoms with E-state index in [-0.39, 0.29) is 27.7 Å². The molecular weight excluding hydrogens is 693 g/mol. The van der Waals surface area contributed by atoms with Gasteiger partial charge in [-0.2, -0.15) is 0 Å². The predicted molar refractivity (Wildman–Crippen MR) is 227 cm³/mol. The summed E-state index contributed by atoms with van der Waals surface area (Å²) < 4.78 is 14.5. The molecule has 49 heavy (non-hydrogen) atoms. The van der Waals surface area contributed by atoms with Gasteiger partial charge in [0.1, 0.15) is 0 Å². The van der Waals surface area contributed by atoms with Gasteiger partial charge in [0.25, 0.3) is 0 Å². The van der Waals surface area contributed by atoms with Crippen LogP contribution >= 0.6 is 57.5 Å². The molecule has 0 saturated carbocycles. The second-order valence-corrected chi connectivity index (χ2v) is 22.4. The monoisotopic (exact) mass is 738 g/mol. The summed E-state index contributed by atoms with van der Waals surface area (Å²) in [5.74, 6) is 0. The second-order valence-electron chi connectivity index (χ2n) is 17.9. The number of rotatable bonds is 2. The molecule has 2 aromatic carbocycles. The summed E-state index contributed by atoms with van der Waals surface area (Å²) in [6, 6.07) is 9.74. The molecule has 1 unspecified atom stereocenters. The second kappa shape index (κ2) is 11.1. The molecule has 0 spiro atoms. The van der Waals surface area contributed by atoms with E-state index in [9.17, 15) is 0 Å². The number of hydrogen-bond acceptors (Lipinski definition) is 7. The largest absolute Gasteiger partial charge is 0.231 e. The van der Waals surface area contributed by atoms with Gasteiger partial charge in [0.05, 0.1) is 23.9 Å². The molecule has 1 aliphatic heterocycles. The number of nitrogens with zero attached hydrogens (tertiary/aromatic N) is 1. The summed E-state index contributed by atoms with van der Waals surface area (Å²) in [7, 11) is 0. The van der Waals surface area contributed by atoms with Gasteiger partial charge in [-0.15, -0.1) is 45.3 Å². The first-order valence-electron chi connectivity index (χ1n) is 17.2. The average Bonchev–Trinajstić information content (AvgIpc) is 3.80. The quantitative estimate of drug-likeness (QED) is 0.179. The van der Waals surface area contributed by atoms with Gasteiger partial charge in [0.2, 0.25) is 0 Å². The zero-order valence-electron chi connectivity index (χ0n) is 30.7. The van der Waals surface area contributed by atoms with Gasteiger partial charge in [-0.05, 0) is 106 Å². The molecule has 0 fully saturated rings. The maximum absolute atomic E-state index is 5.08. The number of hydrogen-bond donors (Lipinski definition) is 1. The Morgan fingerprint density at radius 3 is 1.49 bits per heavy atom. The van der Waals surface area contributed by atoms with Crippen LogP contribution in [-0.4, -0.2) is 11.8 Å². The molecule has 0 bridgehead atoms. The summed E-state index contributed by atoms with van der Waals surface area (Å²) in [6.45, 7) is 28.4. The topological polar surface area (TPSA) is 24.4 Å². The fourth-order valence-corrected chi connectivity index (χ4v) is 14.1. The zero-order valence-corrected chi connectivity index (χ0v) is 34.8. The van der Waals surface area contributed by atoms with Crippen LogP contribution in [0.2, 0.25) is 0 Å². The molecular formula is C42H46N2S5. The first kappa shape index (κ1) is 33.9. The van der Waals surface area contributed by atoms with Crippen LogP contribution in [0.5, 0.6) is 0 Å². The van der Waals surface area contributed by atoms with Crippen molar-refractivity contribution in [2.75, 3.05) is 0 Å². The van der Waals surface area contributed by atoms with E-state index in [4.69, 9.17) is 4.40 Å². The third-order valence-corrected chi connectivity index (χ3v) is 14.8. The minimum atomic E-state index is 0.0302. The molecule has 1 atom stereocenters. The van der Waals surface area contributed by atoms with Crippen LogP contribution in [-0.2, 0) is 21.7 Å². The van der Waals surface area contributed by atoms with Crippen LogP contribution < -0.4 is 4.72 Å². The minimum Gasteiger partial charge on any atom is -0.231 e. The summed E-state index contributed by atoms with van der Waals surface area (Å²) in [5.41, 5.74) is 9.76. The molecule has 2 nitrogen and oxygen atoms in total. The predicted octanol–water partition coefficient (Wildman–Crippen LogP) is 14.2. The van der Waals surface area contributed by atoms with E-state index in [2.05, 4.69) is 135 Å². The highest BCUT2D eigenvalue weighted by molar-refractivity contribution is 7.96. The van der Waals surface area contributed by atoms with E-state index in [1.807, 2.05) is 45.3 Å². The average molecular weight is 739 g/mol. The molecule has 4 aromatic heterocycles. The molecule has 1 N–H and O–H groups in total. The van der Waals surface area contributed by atoms with E-state index >= 15 is 0 Å². The number of thiophene rings is 4. The standard InChI is InChI=1S/C42H46N2S5/c1-39(2,3)29-23-15-17-45-35(23)31(41(7,8)9)25-19-27(47-37(25)29)21-13-14-22(34-33(21)43-49-44-34)28-20-26-32(42(10,11)12)36-24(16-18-46-36)30(38(26)48-28)40(4,5)6/h13-20,33,43H,1-12H3. The fourth-order valence-electron chi connectivity index (χ4n) is 8.11. The lowest BCUT2D eigenvalue weighted by Crippen LogP contribution is -2.31. The number of benzene rings is 2. The van der Waals surface area contributed by atoms with Crippen LogP contribution in [0.1, 0.15) is 115 Å². The van der Waals surface area contributed by atoms with E-state index in [1.165, 1.54) is 95.6 Å². The number of fused-ring (bicyclic) bond motifs is 5. The normalized spacial score (nSPS) is 17.8. The van der Waals surface area contributed by atoms with Crippen LogP contribution in [0.15, 0.2) is 51.6 Å². The van der Waals surface area contributed by atoms with Crippen molar-refractivity contribution in [3.63, 3.8) is 0 Å². The highest BCUT2D eigenvalue weighted by Crippen LogP contribution is 2.52. The lowest BCUT2D eigenvalue weighted by molar-refractivity contribution is 0.595. The summed E-state index contributed by atoms with van der Waals surface area (Å²) >= 11 is 9.23. The molecule has 0 radical (unpaired) electrons. The molecule has 6 aromatic rings. The van der Waals surface area contributed by atoms with Crippen molar-refractivity contribution in [3.05, 3.63) is 79.2 Å². The van der Waals surface area contributed by atoms with E-state index in [0.717, 1.165) is 5.71 Å². The Balaban J connectivity index is 1.35. The van der Waals surface area contributed by atoms with Crippen molar-refractivity contribution in [1.29, 1.82) is 0 Å². The van der Waals surface area contributed by atoms with Crippen molar-refractivity contribution in [2.45, 2.75) is 111 Å². The Labute approximate surface area is 311 Å². The fraction of sp³-hybridized carbons (Fsp3) is 0.405. The Morgan fingerprint density at radius 1 is 0.551 bits per heavy atom. The smallest absolute Gasteiger partial charge is 0.0887 e. The summed E-state index contributed by atoms with van der Waals surface area (Å²) in [5, 5.41) is 10.2. The van der Waals surface area contributed by atoms with Gasteiger partial charge in [-0.1, -0.05) is 95.2 Å². The van der Waals surface area contributed by atoms with Gasteiger partial charge in [-0.3, -0.25) is 0 Å². The van der Waals surface area contributed by atoms with Gasteiger partial charge in [0, 0.05) is 34.1 Å². The molecule has 2 aliphatic rings.